The maximum atomic E-state index is 6.25. The maximum absolute atomic E-state index is 6.25. The summed E-state index contributed by atoms with van der Waals surface area (Å²) < 4.78 is 7.10. The Morgan fingerprint density at radius 3 is 2.85 bits per heavy atom. The van der Waals surface area contributed by atoms with E-state index >= 15 is 0 Å². The van der Waals surface area contributed by atoms with Crippen LogP contribution in [-0.4, -0.2) is 23.4 Å². The average Bonchev–Trinajstić information content (AvgIpc) is 2.78. The number of benzene rings is 1. The number of likely N-dealkylation sites (N-methyl/N-ethyl adjacent to an activating group) is 1. The monoisotopic (exact) mass is 293 g/mol. The predicted molar refractivity (Wildman–Crippen MR) is 81.3 cm³/mol. The molecule has 20 heavy (non-hydrogen) atoms. The molecule has 0 aliphatic heterocycles. The van der Waals surface area contributed by atoms with Crippen molar-refractivity contribution >= 4 is 11.6 Å². The molecule has 0 spiro atoms. The lowest BCUT2D eigenvalue weighted by Crippen LogP contribution is -2.25. The van der Waals surface area contributed by atoms with Crippen LogP contribution in [-0.2, 0) is 13.5 Å². The topological polar surface area (TPSA) is 39.1 Å². The molecule has 5 heteroatoms. The molecule has 0 saturated carbocycles. The Hall–Kier alpha value is -1.52. The molecule has 1 heterocycles. The van der Waals surface area contributed by atoms with Crippen molar-refractivity contribution in [3.05, 3.63) is 46.7 Å². The van der Waals surface area contributed by atoms with Crippen molar-refractivity contribution in [2.45, 2.75) is 19.4 Å². The summed E-state index contributed by atoms with van der Waals surface area (Å²) in [4.78, 5) is 0. The van der Waals surface area contributed by atoms with Crippen LogP contribution in [0.5, 0.6) is 5.75 Å². The summed E-state index contributed by atoms with van der Waals surface area (Å²) in [6.07, 6.45) is 2.52. The van der Waals surface area contributed by atoms with Crippen molar-refractivity contribution in [1.82, 2.24) is 15.1 Å². The highest BCUT2D eigenvalue weighted by atomic mass is 35.5. The zero-order valence-corrected chi connectivity index (χ0v) is 12.8. The Bertz CT molecular complexity index is 548. The SMILES string of the molecule is CCNC(Cc1cccc(OC)c1)c1c(Cl)cnn1C. The highest BCUT2D eigenvalue weighted by Crippen LogP contribution is 2.26. The molecular formula is C15H20ClN3O. The van der Waals surface area contributed by atoms with Crippen molar-refractivity contribution in [1.29, 1.82) is 0 Å². The molecule has 2 aromatic rings. The van der Waals surface area contributed by atoms with E-state index in [1.165, 1.54) is 5.56 Å². The Kier molecular flexibility index (Phi) is 5.04. The van der Waals surface area contributed by atoms with Gasteiger partial charge in [0.2, 0.25) is 0 Å². The number of rotatable bonds is 6. The lowest BCUT2D eigenvalue weighted by atomic mass is 10.0. The quantitative estimate of drug-likeness (QED) is 0.890. The van der Waals surface area contributed by atoms with Crippen molar-refractivity contribution in [2.24, 2.45) is 7.05 Å². The van der Waals surface area contributed by atoms with E-state index in [-0.39, 0.29) is 6.04 Å². The molecule has 2 rings (SSSR count). The third-order valence-electron chi connectivity index (χ3n) is 3.29. The van der Waals surface area contributed by atoms with Gasteiger partial charge in [-0.25, -0.2) is 0 Å². The van der Waals surface area contributed by atoms with E-state index in [1.807, 2.05) is 23.9 Å². The minimum atomic E-state index is 0.132. The van der Waals surface area contributed by atoms with Crippen LogP contribution < -0.4 is 10.1 Å². The van der Waals surface area contributed by atoms with Crippen molar-refractivity contribution in [2.75, 3.05) is 13.7 Å². The molecule has 0 fully saturated rings. The normalized spacial score (nSPS) is 12.4. The van der Waals surface area contributed by atoms with Crippen molar-refractivity contribution < 1.29 is 4.74 Å². The number of methoxy groups -OCH3 is 1. The second-order valence-corrected chi connectivity index (χ2v) is 5.07. The van der Waals surface area contributed by atoms with E-state index in [1.54, 1.807) is 13.3 Å². The summed E-state index contributed by atoms with van der Waals surface area (Å²) in [5.74, 6) is 0.869. The molecule has 0 saturated heterocycles. The fraction of sp³-hybridized carbons (Fsp3) is 0.400. The second-order valence-electron chi connectivity index (χ2n) is 4.67. The zero-order valence-electron chi connectivity index (χ0n) is 12.1. The van der Waals surface area contributed by atoms with Gasteiger partial charge in [0.15, 0.2) is 0 Å². The highest BCUT2D eigenvalue weighted by molar-refractivity contribution is 6.31. The Balaban J connectivity index is 2.25. The predicted octanol–water partition coefficient (Wildman–Crippen LogP) is 2.98. The number of aromatic nitrogens is 2. The van der Waals surface area contributed by atoms with Crippen LogP contribution in [0.3, 0.4) is 0 Å². The van der Waals surface area contributed by atoms with Crippen LogP contribution >= 0.6 is 11.6 Å². The van der Waals surface area contributed by atoms with Crippen LogP contribution in [0.25, 0.3) is 0 Å². The summed E-state index contributed by atoms with van der Waals surface area (Å²) in [6, 6.07) is 8.23. The lowest BCUT2D eigenvalue weighted by molar-refractivity contribution is 0.413. The Morgan fingerprint density at radius 1 is 1.45 bits per heavy atom. The fourth-order valence-corrected chi connectivity index (χ4v) is 2.66. The van der Waals surface area contributed by atoms with Gasteiger partial charge in [0, 0.05) is 7.05 Å². The summed E-state index contributed by atoms with van der Waals surface area (Å²) in [5, 5.41) is 8.38. The van der Waals surface area contributed by atoms with Crippen LogP contribution in [0.2, 0.25) is 5.02 Å². The Morgan fingerprint density at radius 2 is 2.25 bits per heavy atom. The van der Waals surface area contributed by atoms with Gasteiger partial charge >= 0.3 is 0 Å². The average molecular weight is 294 g/mol. The van der Waals surface area contributed by atoms with Gasteiger partial charge in [0.05, 0.1) is 30.1 Å². The van der Waals surface area contributed by atoms with Gasteiger partial charge in [-0.1, -0.05) is 30.7 Å². The maximum Gasteiger partial charge on any atom is 0.119 e. The van der Waals surface area contributed by atoms with Gasteiger partial charge in [-0.2, -0.15) is 5.10 Å². The van der Waals surface area contributed by atoms with Gasteiger partial charge < -0.3 is 10.1 Å². The molecule has 0 radical (unpaired) electrons. The molecule has 0 amide bonds. The standard InChI is InChI=1S/C15H20ClN3O/c1-4-17-14(15-13(16)10-18-19(15)2)9-11-6-5-7-12(8-11)20-3/h5-8,10,14,17H,4,9H2,1-3H3. The molecule has 1 aromatic carbocycles. The molecule has 1 N–H and O–H groups in total. The third-order valence-corrected chi connectivity index (χ3v) is 3.58. The first-order valence-corrected chi connectivity index (χ1v) is 7.07. The van der Waals surface area contributed by atoms with Crippen LogP contribution in [0.1, 0.15) is 24.2 Å². The molecule has 4 nitrogen and oxygen atoms in total. The summed E-state index contributed by atoms with van der Waals surface area (Å²) in [5.41, 5.74) is 2.21. The number of nitrogens with zero attached hydrogens (tertiary/aromatic N) is 2. The first kappa shape index (κ1) is 14.9. The molecule has 1 unspecified atom stereocenters. The van der Waals surface area contributed by atoms with E-state index in [9.17, 15) is 0 Å². The first-order chi connectivity index (χ1) is 9.65. The Labute approximate surface area is 124 Å². The highest BCUT2D eigenvalue weighted by Gasteiger charge is 2.18. The van der Waals surface area contributed by atoms with Gasteiger partial charge in [0.1, 0.15) is 5.75 Å². The van der Waals surface area contributed by atoms with Crippen LogP contribution in [0.15, 0.2) is 30.5 Å². The summed E-state index contributed by atoms with van der Waals surface area (Å²) in [7, 11) is 3.59. The van der Waals surface area contributed by atoms with Gasteiger partial charge in [-0.05, 0) is 30.7 Å². The molecule has 0 aliphatic rings. The number of nitrogens with one attached hydrogen (secondary N) is 1. The molecule has 0 bridgehead atoms. The van der Waals surface area contributed by atoms with Gasteiger partial charge in [0.25, 0.3) is 0 Å². The molecule has 108 valence electrons. The number of ether oxygens (including phenoxy) is 1. The molecule has 1 aromatic heterocycles. The third kappa shape index (κ3) is 3.32. The number of halogens is 1. The number of aryl methyl sites for hydroxylation is 1. The summed E-state index contributed by atoms with van der Waals surface area (Å²) in [6.45, 7) is 2.96. The van der Waals surface area contributed by atoms with E-state index in [2.05, 4.69) is 29.5 Å². The van der Waals surface area contributed by atoms with Crippen LogP contribution in [0, 0.1) is 0 Å². The van der Waals surface area contributed by atoms with E-state index in [0.717, 1.165) is 24.4 Å². The van der Waals surface area contributed by atoms with Gasteiger partial charge in [-0.15, -0.1) is 0 Å². The van der Waals surface area contributed by atoms with Gasteiger partial charge in [-0.3, -0.25) is 4.68 Å². The summed E-state index contributed by atoms with van der Waals surface area (Å²) >= 11 is 6.25. The molecule has 0 aliphatic carbocycles. The minimum absolute atomic E-state index is 0.132. The van der Waals surface area contributed by atoms with Crippen molar-refractivity contribution in [3.8, 4) is 5.75 Å². The van der Waals surface area contributed by atoms with Crippen molar-refractivity contribution in [3.63, 3.8) is 0 Å². The van der Waals surface area contributed by atoms with E-state index < -0.39 is 0 Å². The second kappa shape index (κ2) is 6.77. The molecule has 1 atom stereocenters. The largest absolute Gasteiger partial charge is 0.497 e. The lowest BCUT2D eigenvalue weighted by Gasteiger charge is -2.19. The fourth-order valence-electron chi connectivity index (χ4n) is 2.36. The first-order valence-electron chi connectivity index (χ1n) is 6.69. The zero-order chi connectivity index (χ0) is 14.5. The van der Waals surface area contributed by atoms with E-state index in [4.69, 9.17) is 16.3 Å². The molecular weight excluding hydrogens is 274 g/mol. The van der Waals surface area contributed by atoms with Crippen LogP contribution in [0.4, 0.5) is 0 Å². The minimum Gasteiger partial charge on any atom is -0.497 e. The van der Waals surface area contributed by atoms with E-state index in [0.29, 0.717) is 5.02 Å². The number of hydrogen-bond donors (Lipinski definition) is 1. The smallest absolute Gasteiger partial charge is 0.119 e. The number of hydrogen-bond acceptors (Lipinski definition) is 3.